The van der Waals surface area contributed by atoms with Gasteiger partial charge in [0.05, 0.1) is 6.20 Å². The molecule has 0 aliphatic heterocycles. The van der Waals surface area contributed by atoms with Crippen LogP contribution in [0, 0.1) is 5.92 Å². The van der Waals surface area contributed by atoms with Crippen LogP contribution in [0.2, 0.25) is 0 Å². The lowest BCUT2D eigenvalue weighted by molar-refractivity contribution is -0.118. The van der Waals surface area contributed by atoms with E-state index in [-0.39, 0.29) is 11.7 Å². The SMILES string of the molecule is CCC(=O)CCCCn1cc(-c2ccc(C(=O)C(C)C)cc2)nn1. The molecular formula is C19H25N3O2. The molecule has 1 aromatic carbocycles. The van der Waals surface area contributed by atoms with Gasteiger partial charge in [-0.05, 0) is 12.8 Å². The molecule has 1 heterocycles. The van der Waals surface area contributed by atoms with E-state index in [9.17, 15) is 9.59 Å². The van der Waals surface area contributed by atoms with Crippen LogP contribution in [0.3, 0.4) is 0 Å². The maximum atomic E-state index is 12.0. The van der Waals surface area contributed by atoms with Gasteiger partial charge in [-0.1, -0.05) is 50.3 Å². The van der Waals surface area contributed by atoms with Crippen LogP contribution in [0.15, 0.2) is 30.5 Å². The van der Waals surface area contributed by atoms with Gasteiger partial charge in [0.25, 0.3) is 0 Å². The summed E-state index contributed by atoms with van der Waals surface area (Å²) in [6, 6.07) is 7.49. The molecule has 2 rings (SSSR count). The topological polar surface area (TPSA) is 64.8 Å². The Morgan fingerprint density at radius 2 is 1.83 bits per heavy atom. The Bertz CT molecular complexity index is 687. The second-order valence-electron chi connectivity index (χ2n) is 6.31. The molecule has 2 aromatic rings. The summed E-state index contributed by atoms with van der Waals surface area (Å²) in [4.78, 5) is 23.2. The third-order valence-corrected chi connectivity index (χ3v) is 4.02. The minimum Gasteiger partial charge on any atom is -0.300 e. The molecule has 0 atom stereocenters. The predicted molar refractivity (Wildman–Crippen MR) is 93.8 cm³/mol. The Kier molecular flexibility index (Phi) is 6.41. The van der Waals surface area contributed by atoms with E-state index < -0.39 is 0 Å². The molecule has 0 amide bonds. The first-order chi connectivity index (χ1) is 11.5. The first-order valence-corrected chi connectivity index (χ1v) is 8.57. The second kappa shape index (κ2) is 8.52. The van der Waals surface area contributed by atoms with Crippen molar-refractivity contribution in [3.63, 3.8) is 0 Å². The molecule has 5 nitrogen and oxygen atoms in total. The molecule has 0 bridgehead atoms. The van der Waals surface area contributed by atoms with Crippen molar-refractivity contribution in [3.8, 4) is 11.3 Å². The number of aryl methyl sites for hydroxylation is 1. The number of hydrogen-bond acceptors (Lipinski definition) is 4. The van der Waals surface area contributed by atoms with Crippen LogP contribution in [-0.2, 0) is 11.3 Å². The molecule has 24 heavy (non-hydrogen) atoms. The molecular weight excluding hydrogens is 302 g/mol. The van der Waals surface area contributed by atoms with Crippen LogP contribution in [0.25, 0.3) is 11.3 Å². The largest absolute Gasteiger partial charge is 0.300 e. The lowest BCUT2D eigenvalue weighted by atomic mass is 9.99. The number of aromatic nitrogens is 3. The van der Waals surface area contributed by atoms with Gasteiger partial charge < -0.3 is 0 Å². The molecule has 128 valence electrons. The number of nitrogens with zero attached hydrogens (tertiary/aromatic N) is 3. The van der Waals surface area contributed by atoms with Crippen molar-refractivity contribution in [2.75, 3.05) is 0 Å². The molecule has 1 aromatic heterocycles. The summed E-state index contributed by atoms with van der Waals surface area (Å²) < 4.78 is 1.80. The van der Waals surface area contributed by atoms with Crippen LogP contribution in [0.4, 0.5) is 0 Å². The minimum absolute atomic E-state index is 0.00341. The van der Waals surface area contributed by atoms with Gasteiger partial charge in [0, 0.05) is 36.4 Å². The van der Waals surface area contributed by atoms with Gasteiger partial charge in [-0.3, -0.25) is 14.3 Å². The quantitative estimate of drug-likeness (QED) is 0.517. The molecule has 0 radical (unpaired) electrons. The zero-order chi connectivity index (χ0) is 17.5. The lowest BCUT2D eigenvalue weighted by Gasteiger charge is -2.04. The molecule has 0 N–H and O–H groups in total. The van der Waals surface area contributed by atoms with Crippen molar-refractivity contribution >= 4 is 11.6 Å². The number of hydrogen-bond donors (Lipinski definition) is 0. The van der Waals surface area contributed by atoms with Crippen molar-refractivity contribution in [3.05, 3.63) is 36.0 Å². The number of ketones is 2. The summed E-state index contributed by atoms with van der Waals surface area (Å²) in [7, 11) is 0. The Labute approximate surface area is 143 Å². The number of rotatable bonds is 9. The minimum atomic E-state index is -0.00341. The Balaban J connectivity index is 1.93. The molecule has 5 heteroatoms. The molecule has 0 saturated heterocycles. The first-order valence-electron chi connectivity index (χ1n) is 8.57. The summed E-state index contributed by atoms with van der Waals surface area (Å²) in [6.45, 7) is 6.45. The highest BCUT2D eigenvalue weighted by atomic mass is 16.1. The fraction of sp³-hybridized carbons (Fsp3) is 0.474. The summed E-state index contributed by atoms with van der Waals surface area (Å²) in [5.41, 5.74) is 2.47. The van der Waals surface area contributed by atoms with Crippen LogP contribution < -0.4 is 0 Å². The smallest absolute Gasteiger partial charge is 0.165 e. The van der Waals surface area contributed by atoms with Gasteiger partial charge >= 0.3 is 0 Å². The lowest BCUT2D eigenvalue weighted by Crippen LogP contribution is -2.06. The van der Waals surface area contributed by atoms with Crippen molar-refractivity contribution in [2.24, 2.45) is 5.92 Å². The van der Waals surface area contributed by atoms with Gasteiger partial charge in [0.1, 0.15) is 11.5 Å². The fourth-order valence-electron chi connectivity index (χ4n) is 2.45. The number of unbranched alkanes of at least 4 members (excludes halogenated alkanes) is 1. The van der Waals surface area contributed by atoms with Gasteiger partial charge in [-0.15, -0.1) is 5.10 Å². The molecule has 0 saturated carbocycles. The summed E-state index contributed by atoms with van der Waals surface area (Å²) in [5, 5.41) is 8.32. The van der Waals surface area contributed by atoms with Crippen molar-refractivity contribution in [1.29, 1.82) is 0 Å². The summed E-state index contributed by atoms with van der Waals surface area (Å²) >= 11 is 0. The van der Waals surface area contributed by atoms with E-state index in [0.717, 1.165) is 36.2 Å². The van der Waals surface area contributed by atoms with Crippen molar-refractivity contribution < 1.29 is 9.59 Å². The number of Topliss-reactive ketones (excluding diaryl/α,β-unsaturated/α-hetero) is 2. The number of carbonyl (C=O) groups is 2. The molecule has 0 aliphatic rings. The Morgan fingerprint density at radius 3 is 2.46 bits per heavy atom. The average Bonchev–Trinajstić information content (AvgIpc) is 3.06. The van der Waals surface area contributed by atoms with Crippen molar-refractivity contribution in [2.45, 2.75) is 53.0 Å². The van der Waals surface area contributed by atoms with E-state index in [4.69, 9.17) is 0 Å². The van der Waals surface area contributed by atoms with E-state index >= 15 is 0 Å². The maximum absolute atomic E-state index is 12.0. The van der Waals surface area contributed by atoms with Gasteiger partial charge in [-0.2, -0.15) is 0 Å². The van der Waals surface area contributed by atoms with E-state index in [1.807, 2.05) is 51.2 Å². The summed E-state index contributed by atoms with van der Waals surface area (Å²) in [5.74, 6) is 0.452. The van der Waals surface area contributed by atoms with Crippen LogP contribution >= 0.6 is 0 Å². The van der Waals surface area contributed by atoms with Crippen LogP contribution in [0.5, 0.6) is 0 Å². The van der Waals surface area contributed by atoms with E-state index in [0.29, 0.717) is 18.6 Å². The third kappa shape index (κ3) is 4.85. The van der Waals surface area contributed by atoms with Gasteiger partial charge in [0.15, 0.2) is 5.78 Å². The third-order valence-electron chi connectivity index (χ3n) is 4.02. The van der Waals surface area contributed by atoms with Crippen LogP contribution in [0.1, 0.15) is 56.8 Å². The first kappa shape index (κ1) is 18.0. The van der Waals surface area contributed by atoms with E-state index in [2.05, 4.69) is 10.3 Å². The highest BCUT2D eigenvalue weighted by Crippen LogP contribution is 2.18. The standard InChI is InChI=1S/C19H25N3O2/c1-4-17(23)7-5-6-12-22-13-18(20-21-22)15-8-10-16(11-9-15)19(24)14(2)3/h8-11,13-14H,4-7,12H2,1-3H3. The Morgan fingerprint density at radius 1 is 1.12 bits per heavy atom. The second-order valence-corrected chi connectivity index (χ2v) is 6.31. The highest BCUT2D eigenvalue weighted by molar-refractivity contribution is 5.97. The molecule has 0 aliphatic carbocycles. The predicted octanol–water partition coefficient (Wildman–Crippen LogP) is 3.93. The van der Waals surface area contributed by atoms with E-state index in [1.54, 1.807) is 4.68 Å². The molecule has 0 spiro atoms. The van der Waals surface area contributed by atoms with Gasteiger partial charge in [-0.25, -0.2) is 0 Å². The normalized spacial score (nSPS) is 11.0. The number of carbonyl (C=O) groups excluding carboxylic acids is 2. The van der Waals surface area contributed by atoms with Crippen LogP contribution in [-0.4, -0.2) is 26.6 Å². The number of benzene rings is 1. The monoisotopic (exact) mass is 327 g/mol. The van der Waals surface area contributed by atoms with Crippen molar-refractivity contribution in [1.82, 2.24) is 15.0 Å². The highest BCUT2D eigenvalue weighted by Gasteiger charge is 2.11. The maximum Gasteiger partial charge on any atom is 0.165 e. The van der Waals surface area contributed by atoms with Gasteiger partial charge in [0.2, 0.25) is 0 Å². The molecule has 0 unspecified atom stereocenters. The zero-order valence-electron chi connectivity index (χ0n) is 14.7. The Hall–Kier alpha value is -2.30. The van der Waals surface area contributed by atoms with E-state index in [1.165, 1.54) is 0 Å². The zero-order valence-corrected chi connectivity index (χ0v) is 14.7. The summed E-state index contributed by atoms with van der Waals surface area (Å²) in [6.07, 6.45) is 4.96. The molecule has 0 fully saturated rings. The fourth-order valence-corrected chi connectivity index (χ4v) is 2.45. The average molecular weight is 327 g/mol.